The van der Waals surface area contributed by atoms with E-state index in [4.69, 9.17) is 4.74 Å². The lowest BCUT2D eigenvalue weighted by atomic mass is 9.77. The van der Waals surface area contributed by atoms with Gasteiger partial charge in [0.05, 0.1) is 11.3 Å². The fraction of sp³-hybridized carbons (Fsp3) is 0.412. The topological polar surface area (TPSA) is 43.4 Å². The molecule has 0 bridgehead atoms. The van der Waals surface area contributed by atoms with Crippen LogP contribution in [0.25, 0.3) is 0 Å². The lowest BCUT2D eigenvalue weighted by Crippen LogP contribution is -2.40. The number of Topliss-reactive ketones (excluding diaryl/α,β-unsaturated/α-hetero) is 1. The van der Waals surface area contributed by atoms with Gasteiger partial charge in [-0.2, -0.15) is 13.2 Å². The zero-order valence-electron chi connectivity index (χ0n) is 13.0. The van der Waals surface area contributed by atoms with Crippen LogP contribution in [0, 0.1) is 0 Å². The highest BCUT2D eigenvalue weighted by molar-refractivity contribution is 6.00. The lowest BCUT2D eigenvalue weighted by molar-refractivity contribution is -0.137. The van der Waals surface area contributed by atoms with Gasteiger partial charge >= 0.3 is 6.18 Å². The molecule has 0 unspecified atom stereocenters. The summed E-state index contributed by atoms with van der Waals surface area (Å²) in [5.41, 5.74) is -1.93. The molecular weight excluding hydrogens is 309 g/mol. The summed E-state index contributed by atoms with van der Waals surface area (Å²) in [5.74, 6) is -0.977. The maximum absolute atomic E-state index is 12.9. The summed E-state index contributed by atoms with van der Waals surface area (Å²) in [6.45, 7) is 4.44. The molecule has 0 amide bonds. The van der Waals surface area contributed by atoms with Crippen molar-refractivity contribution >= 4 is 11.6 Å². The number of rotatable bonds is 4. The summed E-state index contributed by atoms with van der Waals surface area (Å²) in [6, 6.07) is 4.69. The van der Waals surface area contributed by atoms with Crippen LogP contribution in [0.5, 0.6) is 0 Å². The van der Waals surface area contributed by atoms with E-state index in [-0.39, 0.29) is 23.6 Å². The van der Waals surface area contributed by atoms with Crippen molar-refractivity contribution in [3.8, 4) is 0 Å². The van der Waals surface area contributed by atoms with Gasteiger partial charge in [-0.3, -0.25) is 4.79 Å². The molecule has 124 valence electrons. The first-order chi connectivity index (χ1) is 10.5. The van der Waals surface area contributed by atoms with E-state index in [1.165, 1.54) is 32.1 Å². The van der Waals surface area contributed by atoms with E-state index in [0.29, 0.717) is 5.76 Å². The average molecular weight is 326 g/mol. The molecule has 0 fully saturated rings. The first-order valence-electron chi connectivity index (χ1n) is 7.12. The predicted molar refractivity (Wildman–Crippen MR) is 77.7 cm³/mol. The molecule has 0 saturated heterocycles. The van der Waals surface area contributed by atoms with E-state index in [1.807, 2.05) is 0 Å². The third kappa shape index (κ3) is 3.46. The molecular formula is C17H17F3O3. The first-order valence-corrected chi connectivity index (χ1v) is 7.12. The molecule has 23 heavy (non-hydrogen) atoms. The molecule has 0 radical (unpaired) electrons. The van der Waals surface area contributed by atoms with Crippen molar-refractivity contribution in [3.63, 3.8) is 0 Å². The highest BCUT2D eigenvalue weighted by Gasteiger charge is 2.47. The Balaban J connectivity index is 2.49. The minimum Gasteiger partial charge on any atom is -0.483 e. The zero-order chi connectivity index (χ0) is 17.4. The molecule has 0 spiro atoms. The molecule has 0 aromatic heterocycles. The van der Waals surface area contributed by atoms with Crippen molar-refractivity contribution in [2.24, 2.45) is 0 Å². The number of alkyl halides is 3. The largest absolute Gasteiger partial charge is 0.483 e. The van der Waals surface area contributed by atoms with Crippen LogP contribution in [0.3, 0.4) is 0 Å². The number of allylic oxidation sites excluding steroid dienone is 1. The maximum atomic E-state index is 12.9. The number of ether oxygens (including phenoxy) is 1. The van der Waals surface area contributed by atoms with E-state index in [2.05, 4.69) is 0 Å². The van der Waals surface area contributed by atoms with Crippen LogP contribution in [0.2, 0.25) is 0 Å². The predicted octanol–water partition coefficient (Wildman–Crippen LogP) is 4.03. The third-order valence-electron chi connectivity index (χ3n) is 3.97. The van der Waals surface area contributed by atoms with Crippen LogP contribution < -0.4 is 0 Å². The number of carbonyl (C=O) groups excluding carboxylic acids is 2. The smallest absolute Gasteiger partial charge is 0.416 e. The molecule has 1 aromatic rings. The first kappa shape index (κ1) is 17.2. The third-order valence-corrected chi connectivity index (χ3v) is 3.97. The van der Waals surface area contributed by atoms with E-state index >= 15 is 0 Å². The van der Waals surface area contributed by atoms with Crippen molar-refractivity contribution in [3.05, 3.63) is 47.2 Å². The minimum atomic E-state index is -4.49. The summed E-state index contributed by atoms with van der Waals surface area (Å²) in [7, 11) is 0. The van der Waals surface area contributed by atoms with Gasteiger partial charge in [0.1, 0.15) is 5.78 Å². The lowest BCUT2D eigenvalue weighted by Gasteiger charge is -2.33. The molecule has 0 N–H and O–H groups in total. The second-order valence-electron chi connectivity index (χ2n) is 5.91. The highest BCUT2D eigenvalue weighted by Crippen LogP contribution is 2.42. The molecule has 6 heteroatoms. The molecule has 3 nitrogen and oxygen atoms in total. The fourth-order valence-electron chi connectivity index (χ4n) is 2.83. The zero-order valence-corrected chi connectivity index (χ0v) is 13.0. The van der Waals surface area contributed by atoms with Crippen LogP contribution in [-0.2, 0) is 20.5 Å². The Labute approximate surface area is 132 Å². The van der Waals surface area contributed by atoms with Gasteiger partial charge < -0.3 is 9.53 Å². The molecule has 1 aliphatic rings. The van der Waals surface area contributed by atoms with Crippen LogP contribution in [0.15, 0.2) is 36.1 Å². The standard InChI is InChI=1S/C17H17F3O3/c1-10(21)7-14(16(3)15(22)8-11(2)23-16)12-5-4-6-13(9-12)17(18,19)20/h4-6,8-9,14H,7H2,1-3H3/t14-,16+/m0/s1. The molecule has 2 rings (SSSR count). The molecule has 1 heterocycles. The van der Waals surface area contributed by atoms with Crippen molar-refractivity contribution in [2.45, 2.75) is 44.9 Å². The molecule has 1 aliphatic heterocycles. The summed E-state index contributed by atoms with van der Waals surface area (Å²) in [6.07, 6.45) is -3.27. The van der Waals surface area contributed by atoms with Crippen molar-refractivity contribution in [1.29, 1.82) is 0 Å². The van der Waals surface area contributed by atoms with Gasteiger partial charge in [0.2, 0.25) is 5.78 Å². The van der Waals surface area contributed by atoms with E-state index in [9.17, 15) is 22.8 Å². The Morgan fingerprint density at radius 1 is 1.35 bits per heavy atom. The van der Waals surface area contributed by atoms with Gasteiger partial charge in [-0.1, -0.05) is 18.2 Å². The Morgan fingerprint density at radius 3 is 2.48 bits per heavy atom. The van der Waals surface area contributed by atoms with Crippen molar-refractivity contribution < 1.29 is 27.5 Å². The normalized spacial score (nSPS) is 22.5. The number of halogens is 3. The van der Waals surface area contributed by atoms with Gasteiger partial charge in [-0.25, -0.2) is 0 Å². The fourth-order valence-corrected chi connectivity index (χ4v) is 2.83. The van der Waals surface area contributed by atoms with Crippen molar-refractivity contribution in [2.75, 3.05) is 0 Å². The highest BCUT2D eigenvalue weighted by atomic mass is 19.4. The Hall–Kier alpha value is -2.11. The van der Waals surface area contributed by atoms with Gasteiger partial charge in [0.15, 0.2) is 5.60 Å². The van der Waals surface area contributed by atoms with E-state index in [1.54, 1.807) is 6.92 Å². The average Bonchev–Trinajstić information content (AvgIpc) is 2.69. The van der Waals surface area contributed by atoms with Gasteiger partial charge in [0.25, 0.3) is 0 Å². The van der Waals surface area contributed by atoms with Gasteiger partial charge in [-0.05, 0) is 32.4 Å². The second-order valence-corrected chi connectivity index (χ2v) is 5.91. The maximum Gasteiger partial charge on any atom is 0.416 e. The summed E-state index contributed by atoms with van der Waals surface area (Å²) in [4.78, 5) is 23.8. The van der Waals surface area contributed by atoms with E-state index < -0.39 is 23.3 Å². The molecule has 1 aromatic carbocycles. The number of carbonyl (C=O) groups is 2. The SMILES string of the molecule is CC(=O)C[C@@H](c1cccc(C(F)(F)F)c1)[C@@]1(C)OC(C)=CC1=O. The number of hydrogen-bond acceptors (Lipinski definition) is 3. The monoisotopic (exact) mass is 326 g/mol. The molecule has 0 aliphatic carbocycles. The second kappa shape index (κ2) is 5.83. The number of benzene rings is 1. The Morgan fingerprint density at radius 2 is 2.00 bits per heavy atom. The Kier molecular flexibility index (Phi) is 4.37. The van der Waals surface area contributed by atoms with Gasteiger partial charge in [-0.15, -0.1) is 0 Å². The Bertz CT molecular complexity index is 676. The minimum absolute atomic E-state index is 0.0787. The quantitative estimate of drug-likeness (QED) is 0.839. The van der Waals surface area contributed by atoms with Crippen LogP contribution in [0.1, 0.15) is 44.2 Å². The summed E-state index contributed by atoms with van der Waals surface area (Å²) < 4.78 is 44.4. The number of ketones is 2. The number of hydrogen-bond donors (Lipinski definition) is 0. The van der Waals surface area contributed by atoms with Crippen molar-refractivity contribution in [1.82, 2.24) is 0 Å². The molecule has 2 atom stereocenters. The van der Waals surface area contributed by atoms with E-state index in [0.717, 1.165) is 12.1 Å². The van der Waals surface area contributed by atoms with Crippen LogP contribution in [0.4, 0.5) is 13.2 Å². The van der Waals surface area contributed by atoms with Gasteiger partial charge in [0, 0.05) is 18.4 Å². The summed E-state index contributed by atoms with van der Waals surface area (Å²) >= 11 is 0. The van der Waals surface area contributed by atoms with Crippen LogP contribution >= 0.6 is 0 Å². The molecule has 0 saturated carbocycles. The van der Waals surface area contributed by atoms with Crippen LogP contribution in [-0.4, -0.2) is 17.2 Å². The summed E-state index contributed by atoms with van der Waals surface area (Å²) in [5, 5.41) is 0.